The van der Waals surface area contributed by atoms with Gasteiger partial charge in [-0.1, -0.05) is 36.7 Å². The molecule has 4 rings (SSSR count). The molecule has 0 saturated carbocycles. The molecule has 1 heterocycles. The SMILES string of the molecule is CCS(=O)(=O)c1cccc(Oc2ccc(Cl)c(-c3ccnc4c(C(F)(F)F)cccc34)c2)c1. The number of rotatable bonds is 5. The molecule has 0 spiro atoms. The van der Waals surface area contributed by atoms with Crippen LogP contribution in [0.25, 0.3) is 22.0 Å². The molecule has 0 radical (unpaired) electrons. The van der Waals surface area contributed by atoms with Crippen LogP contribution in [0.5, 0.6) is 11.5 Å². The summed E-state index contributed by atoms with van der Waals surface area (Å²) in [5, 5.41) is 0.608. The number of sulfone groups is 1. The molecule has 0 bridgehead atoms. The maximum absolute atomic E-state index is 13.5. The van der Waals surface area contributed by atoms with E-state index in [1.807, 2.05) is 0 Å². The Morgan fingerprint density at radius 2 is 1.67 bits per heavy atom. The van der Waals surface area contributed by atoms with Crippen LogP contribution in [0.2, 0.25) is 5.02 Å². The van der Waals surface area contributed by atoms with Gasteiger partial charge in [-0.3, -0.25) is 4.98 Å². The van der Waals surface area contributed by atoms with Gasteiger partial charge < -0.3 is 4.74 Å². The highest BCUT2D eigenvalue weighted by Crippen LogP contribution is 2.40. The molecular formula is C24H17ClF3NO3S. The molecule has 9 heteroatoms. The lowest BCUT2D eigenvalue weighted by atomic mass is 9.99. The van der Waals surface area contributed by atoms with Crippen LogP contribution in [0.3, 0.4) is 0 Å². The molecule has 4 nitrogen and oxygen atoms in total. The largest absolute Gasteiger partial charge is 0.457 e. The fourth-order valence-electron chi connectivity index (χ4n) is 3.45. The van der Waals surface area contributed by atoms with E-state index in [0.29, 0.717) is 33.0 Å². The number of hydrogen-bond acceptors (Lipinski definition) is 4. The Morgan fingerprint density at radius 3 is 2.39 bits per heavy atom. The van der Waals surface area contributed by atoms with Gasteiger partial charge in [-0.05, 0) is 54.1 Å². The second-order valence-electron chi connectivity index (χ2n) is 7.18. The monoisotopic (exact) mass is 491 g/mol. The zero-order valence-corrected chi connectivity index (χ0v) is 18.8. The van der Waals surface area contributed by atoms with Crippen LogP contribution in [0.4, 0.5) is 13.2 Å². The predicted molar refractivity (Wildman–Crippen MR) is 121 cm³/mol. The molecule has 0 fully saturated rings. The Morgan fingerprint density at radius 1 is 0.939 bits per heavy atom. The Balaban J connectivity index is 1.79. The maximum Gasteiger partial charge on any atom is 0.418 e. The lowest BCUT2D eigenvalue weighted by Crippen LogP contribution is -2.06. The zero-order valence-electron chi connectivity index (χ0n) is 17.2. The number of benzene rings is 3. The van der Waals surface area contributed by atoms with Crippen molar-refractivity contribution in [1.82, 2.24) is 4.98 Å². The van der Waals surface area contributed by atoms with Crippen molar-refractivity contribution in [2.24, 2.45) is 0 Å². The third kappa shape index (κ3) is 4.67. The van der Waals surface area contributed by atoms with Crippen LogP contribution in [0, 0.1) is 0 Å². The van der Waals surface area contributed by atoms with E-state index < -0.39 is 21.6 Å². The minimum atomic E-state index is -4.55. The van der Waals surface area contributed by atoms with Gasteiger partial charge in [-0.25, -0.2) is 8.42 Å². The van der Waals surface area contributed by atoms with Crippen molar-refractivity contribution < 1.29 is 26.3 Å². The molecule has 0 saturated heterocycles. The van der Waals surface area contributed by atoms with Crippen LogP contribution in [-0.4, -0.2) is 19.2 Å². The Labute approximate surface area is 193 Å². The van der Waals surface area contributed by atoms with E-state index in [1.165, 1.54) is 24.4 Å². The molecule has 0 amide bonds. The van der Waals surface area contributed by atoms with Crippen LogP contribution in [0.15, 0.2) is 77.8 Å². The van der Waals surface area contributed by atoms with Crippen molar-refractivity contribution in [2.75, 3.05) is 5.75 Å². The lowest BCUT2D eigenvalue weighted by molar-refractivity contribution is -0.136. The predicted octanol–water partition coefficient (Wildman–Crippen LogP) is 7.16. The summed E-state index contributed by atoms with van der Waals surface area (Å²) in [5.74, 6) is 0.602. The second kappa shape index (κ2) is 8.68. The van der Waals surface area contributed by atoms with Crippen LogP contribution >= 0.6 is 11.6 Å². The van der Waals surface area contributed by atoms with E-state index in [9.17, 15) is 21.6 Å². The van der Waals surface area contributed by atoms with E-state index in [4.69, 9.17) is 16.3 Å². The standard InChI is InChI=1S/C24H17ClF3NO3S/c1-2-33(30,31)17-6-3-5-15(13-17)32-16-9-10-22(25)20(14-16)18-11-12-29-23-19(18)7-4-8-21(23)24(26,27)28/h3-14H,2H2,1H3. The molecule has 170 valence electrons. The highest BCUT2D eigenvalue weighted by atomic mass is 35.5. The summed E-state index contributed by atoms with van der Waals surface area (Å²) in [6.45, 7) is 1.55. The van der Waals surface area contributed by atoms with Crippen molar-refractivity contribution in [2.45, 2.75) is 18.0 Å². The quantitative estimate of drug-likeness (QED) is 0.297. The summed E-state index contributed by atoms with van der Waals surface area (Å²) in [6, 6.07) is 16.3. The summed E-state index contributed by atoms with van der Waals surface area (Å²) >= 11 is 6.39. The summed E-state index contributed by atoms with van der Waals surface area (Å²) in [5.41, 5.74) is -0.0937. The molecule has 1 aromatic heterocycles. The first kappa shape index (κ1) is 23.1. The number of halogens is 4. The molecule has 0 atom stereocenters. The number of fused-ring (bicyclic) bond motifs is 1. The average Bonchev–Trinajstić information content (AvgIpc) is 2.79. The number of alkyl halides is 3. The van der Waals surface area contributed by atoms with E-state index in [0.717, 1.165) is 6.07 Å². The highest BCUT2D eigenvalue weighted by Gasteiger charge is 2.33. The molecule has 0 unspecified atom stereocenters. The lowest BCUT2D eigenvalue weighted by Gasteiger charge is -2.14. The minimum absolute atomic E-state index is 0.0451. The van der Waals surface area contributed by atoms with Crippen LogP contribution < -0.4 is 4.74 Å². The Bertz CT molecular complexity index is 1450. The summed E-state index contributed by atoms with van der Waals surface area (Å²) < 4.78 is 70.5. The fraction of sp³-hybridized carbons (Fsp3) is 0.125. The van der Waals surface area contributed by atoms with Gasteiger partial charge in [0.2, 0.25) is 0 Å². The molecule has 4 aromatic rings. The van der Waals surface area contributed by atoms with Crippen molar-refractivity contribution in [3.63, 3.8) is 0 Å². The molecule has 0 N–H and O–H groups in total. The first-order valence-corrected chi connectivity index (χ1v) is 11.9. The number of pyridine rings is 1. The van der Waals surface area contributed by atoms with Gasteiger partial charge in [0, 0.05) is 22.2 Å². The third-order valence-corrected chi connectivity index (χ3v) is 7.15. The van der Waals surface area contributed by atoms with Crippen molar-refractivity contribution in [3.8, 4) is 22.6 Å². The smallest absolute Gasteiger partial charge is 0.418 e. The van der Waals surface area contributed by atoms with Crippen LogP contribution in [0.1, 0.15) is 12.5 Å². The van der Waals surface area contributed by atoms with Gasteiger partial charge in [-0.2, -0.15) is 13.2 Å². The molecule has 0 aliphatic rings. The first-order valence-electron chi connectivity index (χ1n) is 9.85. The number of ether oxygens (including phenoxy) is 1. The van der Waals surface area contributed by atoms with E-state index in [1.54, 1.807) is 49.4 Å². The summed E-state index contributed by atoms with van der Waals surface area (Å²) in [6.07, 6.45) is -3.25. The van der Waals surface area contributed by atoms with E-state index in [2.05, 4.69) is 4.98 Å². The molecule has 3 aromatic carbocycles. The zero-order chi connectivity index (χ0) is 23.8. The molecular weight excluding hydrogens is 475 g/mol. The van der Waals surface area contributed by atoms with Gasteiger partial charge in [0.1, 0.15) is 11.5 Å². The van der Waals surface area contributed by atoms with Crippen molar-refractivity contribution in [1.29, 1.82) is 0 Å². The second-order valence-corrected chi connectivity index (χ2v) is 9.87. The van der Waals surface area contributed by atoms with Gasteiger partial charge >= 0.3 is 6.18 Å². The maximum atomic E-state index is 13.5. The average molecular weight is 492 g/mol. The van der Waals surface area contributed by atoms with Gasteiger partial charge in [0.15, 0.2) is 9.84 Å². The number of hydrogen-bond donors (Lipinski definition) is 0. The summed E-state index contributed by atoms with van der Waals surface area (Å²) in [4.78, 5) is 4.08. The van der Waals surface area contributed by atoms with Crippen molar-refractivity contribution in [3.05, 3.63) is 83.5 Å². The normalized spacial score (nSPS) is 12.2. The van der Waals surface area contributed by atoms with E-state index >= 15 is 0 Å². The Kier molecular flexibility index (Phi) is 6.07. The van der Waals surface area contributed by atoms with Crippen LogP contribution in [-0.2, 0) is 16.0 Å². The molecule has 0 aliphatic carbocycles. The van der Waals surface area contributed by atoms with Gasteiger partial charge in [0.25, 0.3) is 0 Å². The molecule has 0 aliphatic heterocycles. The molecule has 33 heavy (non-hydrogen) atoms. The van der Waals surface area contributed by atoms with E-state index in [-0.39, 0.29) is 16.2 Å². The number of nitrogens with zero attached hydrogens (tertiary/aromatic N) is 1. The number of para-hydroxylation sites is 1. The Hall–Kier alpha value is -3.10. The number of aromatic nitrogens is 1. The van der Waals surface area contributed by atoms with Crippen molar-refractivity contribution >= 4 is 32.3 Å². The minimum Gasteiger partial charge on any atom is -0.457 e. The van der Waals surface area contributed by atoms with Gasteiger partial charge in [0.05, 0.1) is 21.7 Å². The van der Waals surface area contributed by atoms with Gasteiger partial charge in [-0.15, -0.1) is 0 Å². The third-order valence-electron chi connectivity index (χ3n) is 5.08. The first-order chi connectivity index (χ1) is 15.6. The highest BCUT2D eigenvalue weighted by molar-refractivity contribution is 7.91. The summed E-state index contributed by atoms with van der Waals surface area (Å²) in [7, 11) is -3.41. The fourth-order valence-corrected chi connectivity index (χ4v) is 4.58. The topological polar surface area (TPSA) is 56.3 Å².